The van der Waals surface area contributed by atoms with E-state index in [1.165, 1.54) is 25.7 Å². The van der Waals surface area contributed by atoms with Crippen molar-refractivity contribution in [3.63, 3.8) is 0 Å². The number of rotatable bonds is 1. The zero-order chi connectivity index (χ0) is 9.31. The van der Waals surface area contributed by atoms with Gasteiger partial charge in [0.2, 0.25) is 0 Å². The Morgan fingerprint density at radius 2 is 1.92 bits per heavy atom. The number of ether oxygens (including phenoxy) is 1. The average molecular weight is 183 g/mol. The van der Waals surface area contributed by atoms with Gasteiger partial charge in [-0.1, -0.05) is 26.7 Å². The lowest BCUT2D eigenvalue weighted by atomic mass is 9.92. The monoisotopic (exact) mass is 183 g/mol. The molecule has 1 aliphatic carbocycles. The Bertz CT molecular complexity index is 163. The van der Waals surface area contributed by atoms with E-state index < -0.39 is 0 Å². The predicted octanol–water partition coefficient (Wildman–Crippen LogP) is 2.15. The molecule has 0 bridgehead atoms. The molecule has 2 aliphatic rings. The number of hydrogen-bond acceptors (Lipinski definition) is 2. The molecular weight excluding hydrogens is 162 g/mol. The quantitative estimate of drug-likeness (QED) is 0.672. The molecule has 0 aromatic heterocycles. The SMILES string of the molecule is CC1(C)CNC(C2CCCC2)OC1. The molecule has 2 fully saturated rings. The van der Waals surface area contributed by atoms with Gasteiger partial charge >= 0.3 is 0 Å². The largest absolute Gasteiger partial charge is 0.362 e. The van der Waals surface area contributed by atoms with Crippen LogP contribution in [0.5, 0.6) is 0 Å². The fourth-order valence-electron chi connectivity index (χ4n) is 2.37. The zero-order valence-electron chi connectivity index (χ0n) is 8.81. The summed E-state index contributed by atoms with van der Waals surface area (Å²) >= 11 is 0. The van der Waals surface area contributed by atoms with E-state index in [2.05, 4.69) is 19.2 Å². The average Bonchev–Trinajstić information content (AvgIpc) is 2.56. The summed E-state index contributed by atoms with van der Waals surface area (Å²) in [4.78, 5) is 0. The van der Waals surface area contributed by atoms with Gasteiger partial charge in [0.1, 0.15) is 6.23 Å². The molecule has 1 saturated carbocycles. The summed E-state index contributed by atoms with van der Waals surface area (Å²) in [6.07, 6.45) is 5.87. The Labute approximate surface area is 81.0 Å². The van der Waals surface area contributed by atoms with Crippen molar-refractivity contribution in [1.82, 2.24) is 5.32 Å². The summed E-state index contributed by atoms with van der Waals surface area (Å²) in [5.41, 5.74) is 0.328. The summed E-state index contributed by atoms with van der Waals surface area (Å²) < 4.78 is 5.87. The number of hydrogen-bond donors (Lipinski definition) is 1. The summed E-state index contributed by atoms with van der Waals surface area (Å²) in [5, 5.41) is 3.53. The Hall–Kier alpha value is -0.0800. The van der Waals surface area contributed by atoms with Gasteiger partial charge in [0.25, 0.3) is 0 Å². The van der Waals surface area contributed by atoms with Gasteiger partial charge in [0.15, 0.2) is 0 Å². The first-order valence-electron chi connectivity index (χ1n) is 5.52. The maximum atomic E-state index is 5.87. The third kappa shape index (κ3) is 2.23. The van der Waals surface area contributed by atoms with E-state index in [9.17, 15) is 0 Å². The molecule has 1 atom stereocenters. The van der Waals surface area contributed by atoms with Crippen LogP contribution in [0.15, 0.2) is 0 Å². The van der Waals surface area contributed by atoms with Crippen molar-refractivity contribution in [2.45, 2.75) is 45.8 Å². The van der Waals surface area contributed by atoms with Gasteiger partial charge < -0.3 is 4.74 Å². The van der Waals surface area contributed by atoms with Crippen LogP contribution in [0, 0.1) is 11.3 Å². The van der Waals surface area contributed by atoms with Crippen LogP contribution >= 0.6 is 0 Å². The molecule has 1 aliphatic heterocycles. The molecule has 0 aromatic rings. The van der Waals surface area contributed by atoms with Gasteiger partial charge in [-0.05, 0) is 18.8 Å². The van der Waals surface area contributed by atoms with E-state index >= 15 is 0 Å². The van der Waals surface area contributed by atoms with Crippen LogP contribution in [0.3, 0.4) is 0 Å². The second-order valence-corrected chi connectivity index (χ2v) is 5.32. The van der Waals surface area contributed by atoms with E-state index in [0.717, 1.165) is 19.1 Å². The van der Waals surface area contributed by atoms with Crippen LogP contribution in [0.2, 0.25) is 0 Å². The minimum absolute atomic E-state index is 0.328. The lowest BCUT2D eigenvalue weighted by molar-refractivity contribution is -0.0835. The van der Waals surface area contributed by atoms with Gasteiger partial charge in [-0.3, -0.25) is 5.32 Å². The summed E-state index contributed by atoms with van der Waals surface area (Å²) in [5.74, 6) is 0.788. The van der Waals surface area contributed by atoms with Crippen molar-refractivity contribution < 1.29 is 4.74 Å². The smallest absolute Gasteiger partial charge is 0.111 e. The van der Waals surface area contributed by atoms with Gasteiger partial charge in [-0.2, -0.15) is 0 Å². The van der Waals surface area contributed by atoms with Crippen LogP contribution in [0.4, 0.5) is 0 Å². The number of nitrogens with one attached hydrogen (secondary N) is 1. The van der Waals surface area contributed by atoms with Crippen molar-refractivity contribution in [2.75, 3.05) is 13.2 Å². The van der Waals surface area contributed by atoms with E-state index in [0.29, 0.717) is 11.6 Å². The highest BCUT2D eigenvalue weighted by Gasteiger charge is 2.32. The molecule has 1 saturated heterocycles. The van der Waals surface area contributed by atoms with Crippen LogP contribution < -0.4 is 5.32 Å². The maximum Gasteiger partial charge on any atom is 0.111 e. The molecule has 2 rings (SSSR count). The van der Waals surface area contributed by atoms with E-state index in [1.54, 1.807) is 0 Å². The molecule has 76 valence electrons. The minimum atomic E-state index is 0.328. The van der Waals surface area contributed by atoms with Gasteiger partial charge in [0.05, 0.1) is 6.61 Å². The van der Waals surface area contributed by atoms with Crippen molar-refractivity contribution >= 4 is 0 Å². The highest BCUT2D eigenvalue weighted by molar-refractivity contribution is 4.82. The first-order valence-corrected chi connectivity index (χ1v) is 5.52. The Morgan fingerprint density at radius 1 is 1.23 bits per heavy atom. The van der Waals surface area contributed by atoms with E-state index in [1.807, 2.05) is 0 Å². The second kappa shape index (κ2) is 3.58. The lowest BCUT2D eigenvalue weighted by Crippen LogP contribution is -2.50. The van der Waals surface area contributed by atoms with Crippen LogP contribution in [-0.2, 0) is 4.74 Å². The standard InChI is InChI=1S/C11H21NO/c1-11(2)7-12-10(13-8-11)9-5-3-4-6-9/h9-10,12H,3-8H2,1-2H3. The topological polar surface area (TPSA) is 21.3 Å². The molecular formula is C11H21NO. The molecule has 0 aromatic carbocycles. The fraction of sp³-hybridized carbons (Fsp3) is 1.00. The molecule has 0 spiro atoms. The molecule has 0 radical (unpaired) electrons. The molecule has 1 N–H and O–H groups in total. The zero-order valence-corrected chi connectivity index (χ0v) is 8.81. The Morgan fingerprint density at radius 3 is 2.46 bits per heavy atom. The van der Waals surface area contributed by atoms with Gasteiger partial charge in [-0.15, -0.1) is 0 Å². The molecule has 13 heavy (non-hydrogen) atoms. The summed E-state index contributed by atoms with van der Waals surface area (Å²) in [6.45, 7) is 6.53. The highest BCUT2D eigenvalue weighted by Crippen LogP contribution is 2.31. The van der Waals surface area contributed by atoms with E-state index in [4.69, 9.17) is 4.74 Å². The van der Waals surface area contributed by atoms with Gasteiger partial charge in [-0.25, -0.2) is 0 Å². The van der Waals surface area contributed by atoms with Crippen LogP contribution in [-0.4, -0.2) is 19.4 Å². The van der Waals surface area contributed by atoms with Gasteiger partial charge in [0, 0.05) is 12.0 Å². The fourth-order valence-corrected chi connectivity index (χ4v) is 2.37. The van der Waals surface area contributed by atoms with E-state index in [-0.39, 0.29) is 0 Å². The molecule has 2 heteroatoms. The van der Waals surface area contributed by atoms with Crippen molar-refractivity contribution in [1.29, 1.82) is 0 Å². The summed E-state index contributed by atoms with van der Waals surface area (Å²) in [6, 6.07) is 0. The molecule has 0 amide bonds. The Balaban J connectivity index is 1.83. The summed E-state index contributed by atoms with van der Waals surface area (Å²) in [7, 11) is 0. The van der Waals surface area contributed by atoms with Crippen molar-refractivity contribution in [3.05, 3.63) is 0 Å². The van der Waals surface area contributed by atoms with Crippen molar-refractivity contribution in [2.24, 2.45) is 11.3 Å². The first kappa shape index (κ1) is 9.47. The molecule has 1 heterocycles. The molecule has 2 nitrogen and oxygen atoms in total. The maximum absolute atomic E-state index is 5.87. The third-order valence-corrected chi connectivity index (χ3v) is 3.26. The normalized spacial score (nSPS) is 35.1. The minimum Gasteiger partial charge on any atom is -0.362 e. The Kier molecular flexibility index (Phi) is 2.61. The molecule has 1 unspecified atom stereocenters. The second-order valence-electron chi connectivity index (χ2n) is 5.32. The lowest BCUT2D eigenvalue weighted by Gasteiger charge is -2.38. The predicted molar refractivity (Wildman–Crippen MR) is 53.5 cm³/mol. The van der Waals surface area contributed by atoms with Crippen LogP contribution in [0.25, 0.3) is 0 Å². The van der Waals surface area contributed by atoms with Crippen molar-refractivity contribution in [3.8, 4) is 0 Å². The first-order chi connectivity index (χ1) is 6.17. The third-order valence-electron chi connectivity index (χ3n) is 3.26. The highest BCUT2D eigenvalue weighted by atomic mass is 16.5. The van der Waals surface area contributed by atoms with Crippen LogP contribution in [0.1, 0.15) is 39.5 Å².